The van der Waals surface area contributed by atoms with E-state index in [1.807, 2.05) is 6.92 Å². The van der Waals surface area contributed by atoms with Gasteiger partial charge in [-0.25, -0.2) is 4.39 Å². The number of hydrogen-bond donors (Lipinski definition) is 1. The van der Waals surface area contributed by atoms with Crippen LogP contribution in [-0.4, -0.2) is 23.9 Å². The molecule has 1 saturated heterocycles. The number of carbonyl (C=O) groups is 1. The SMILES string of the molecule is C=C(C)N1CCC[C@H](C(=O)Nc2ccc(C)c(F)c2)C1. The van der Waals surface area contributed by atoms with Crippen molar-refractivity contribution >= 4 is 11.6 Å². The lowest BCUT2D eigenvalue weighted by Crippen LogP contribution is -2.39. The van der Waals surface area contributed by atoms with Gasteiger partial charge in [0, 0.05) is 24.5 Å². The van der Waals surface area contributed by atoms with E-state index < -0.39 is 0 Å². The Morgan fingerprint density at radius 3 is 2.90 bits per heavy atom. The molecule has 20 heavy (non-hydrogen) atoms. The van der Waals surface area contributed by atoms with Gasteiger partial charge in [0.2, 0.25) is 5.91 Å². The maximum atomic E-state index is 13.5. The van der Waals surface area contributed by atoms with Crippen molar-refractivity contribution in [2.45, 2.75) is 26.7 Å². The number of nitrogens with one attached hydrogen (secondary N) is 1. The summed E-state index contributed by atoms with van der Waals surface area (Å²) in [5.74, 6) is -0.404. The van der Waals surface area contributed by atoms with Gasteiger partial charge in [-0.1, -0.05) is 12.6 Å². The van der Waals surface area contributed by atoms with Crippen molar-refractivity contribution in [3.05, 3.63) is 41.9 Å². The van der Waals surface area contributed by atoms with Gasteiger partial charge in [-0.3, -0.25) is 4.79 Å². The van der Waals surface area contributed by atoms with Crippen molar-refractivity contribution in [1.29, 1.82) is 0 Å². The second-order valence-electron chi connectivity index (χ2n) is 5.47. The molecule has 1 aliphatic rings. The van der Waals surface area contributed by atoms with Crippen LogP contribution in [0, 0.1) is 18.7 Å². The molecular formula is C16H21FN2O. The smallest absolute Gasteiger partial charge is 0.229 e. The molecule has 0 aromatic heterocycles. The van der Waals surface area contributed by atoms with Crippen LogP contribution < -0.4 is 5.32 Å². The minimum Gasteiger partial charge on any atom is -0.375 e. The molecule has 1 atom stereocenters. The lowest BCUT2D eigenvalue weighted by Gasteiger charge is -2.33. The summed E-state index contributed by atoms with van der Waals surface area (Å²) < 4.78 is 13.5. The molecule has 0 unspecified atom stereocenters. The first kappa shape index (κ1) is 14.6. The largest absolute Gasteiger partial charge is 0.375 e. The summed E-state index contributed by atoms with van der Waals surface area (Å²) in [5, 5.41) is 2.80. The summed E-state index contributed by atoms with van der Waals surface area (Å²) in [4.78, 5) is 14.4. The Morgan fingerprint density at radius 2 is 2.25 bits per heavy atom. The molecule has 4 heteroatoms. The molecule has 1 amide bonds. The molecule has 0 spiro atoms. The van der Waals surface area contributed by atoms with Crippen molar-refractivity contribution in [1.82, 2.24) is 4.90 Å². The summed E-state index contributed by atoms with van der Waals surface area (Å²) in [5.41, 5.74) is 2.09. The Kier molecular flexibility index (Phi) is 4.42. The number of likely N-dealkylation sites (tertiary alicyclic amines) is 1. The highest BCUT2D eigenvalue weighted by molar-refractivity contribution is 5.92. The highest BCUT2D eigenvalue weighted by Crippen LogP contribution is 2.21. The second kappa shape index (κ2) is 6.07. The van der Waals surface area contributed by atoms with Gasteiger partial charge in [0.25, 0.3) is 0 Å². The fraction of sp³-hybridized carbons (Fsp3) is 0.438. The predicted octanol–water partition coefficient (Wildman–Crippen LogP) is 3.32. The Morgan fingerprint density at radius 1 is 1.50 bits per heavy atom. The van der Waals surface area contributed by atoms with Crippen molar-refractivity contribution in [3.63, 3.8) is 0 Å². The first-order valence-electron chi connectivity index (χ1n) is 6.95. The van der Waals surface area contributed by atoms with Crippen LogP contribution in [-0.2, 0) is 4.79 Å². The van der Waals surface area contributed by atoms with E-state index in [1.54, 1.807) is 19.1 Å². The monoisotopic (exact) mass is 276 g/mol. The Bertz CT molecular complexity index is 527. The number of piperidine rings is 1. The van der Waals surface area contributed by atoms with Crippen LogP contribution in [0.1, 0.15) is 25.3 Å². The number of hydrogen-bond acceptors (Lipinski definition) is 2. The molecule has 0 radical (unpaired) electrons. The van der Waals surface area contributed by atoms with Gasteiger partial charge >= 0.3 is 0 Å². The van der Waals surface area contributed by atoms with Gasteiger partial charge in [0.1, 0.15) is 5.82 Å². The zero-order valence-electron chi connectivity index (χ0n) is 12.1. The third kappa shape index (κ3) is 3.38. The minimum absolute atomic E-state index is 0.0424. The average Bonchev–Trinajstić information content (AvgIpc) is 2.43. The number of amides is 1. The van der Waals surface area contributed by atoms with Gasteiger partial charge in [-0.05, 0) is 44.4 Å². The third-order valence-corrected chi connectivity index (χ3v) is 3.77. The Labute approximate surface area is 119 Å². The highest BCUT2D eigenvalue weighted by atomic mass is 19.1. The molecule has 0 aliphatic carbocycles. The summed E-state index contributed by atoms with van der Waals surface area (Å²) in [6, 6.07) is 4.77. The molecule has 3 nitrogen and oxygen atoms in total. The molecule has 2 rings (SSSR count). The van der Waals surface area contributed by atoms with Crippen LogP contribution >= 0.6 is 0 Å². The zero-order chi connectivity index (χ0) is 14.7. The zero-order valence-corrected chi connectivity index (χ0v) is 12.1. The Hall–Kier alpha value is -1.84. The quantitative estimate of drug-likeness (QED) is 0.918. The van der Waals surface area contributed by atoms with E-state index in [-0.39, 0.29) is 17.6 Å². The number of aryl methyl sites for hydroxylation is 1. The summed E-state index contributed by atoms with van der Waals surface area (Å²) in [7, 11) is 0. The van der Waals surface area contributed by atoms with Crippen LogP contribution in [0.25, 0.3) is 0 Å². The van der Waals surface area contributed by atoms with Gasteiger partial charge < -0.3 is 10.2 Å². The summed E-state index contributed by atoms with van der Waals surface area (Å²) >= 11 is 0. The van der Waals surface area contributed by atoms with Crippen LogP contribution in [0.5, 0.6) is 0 Å². The second-order valence-corrected chi connectivity index (χ2v) is 5.47. The molecule has 1 heterocycles. The lowest BCUT2D eigenvalue weighted by molar-refractivity contribution is -0.121. The van der Waals surface area contributed by atoms with E-state index in [2.05, 4.69) is 16.8 Å². The average molecular weight is 276 g/mol. The number of halogens is 1. The predicted molar refractivity (Wildman–Crippen MR) is 78.9 cm³/mol. The molecule has 1 fully saturated rings. The normalized spacial score (nSPS) is 18.8. The maximum absolute atomic E-state index is 13.5. The van der Waals surface area contributed by atoms with Crippen LogP contribution in [0.15, 0.2) is 30.5 Å². The van der Waals surface area contributed by atoms with Crippen molar-refractivity contribution in [2.75, 3.05) is 18.4 Å². The molecule has 0 bridgehead atoms. The number of nitrogens with zero attached hydrogens (tertiary/aromatic N) is 1. The summed E-state index contributed by atoms with van der Waals surface area (Å²) in [6.45, 7) is 9.22. The lowest BCUT2D eigenvalue weighted by atomic mass is 9.96. The number of carbonyl (C=O) groups excluding carboxylic acids is 1. The van der Waals surface area contributed by atoms with Crippen molar-refractivity contribution in [3.8, 4) is 0 Å². The highest BCUT2D eigenvalue weighted by Gasteiger charge is 2.25. The molecule has 1 N–H and O–H groups in total. The van der Waals surface area contributed by atoms with Gasteiger partial charge in [-0.15, -0.1) is 0 Å². The molecule has 1 aromatic carbocycles. The third-order valence-electron chi connectivity index (χ3n) is 3.77. The van der Waals surface area contributed by atoms with E-state index in [4.69, 9.17) is 0 Å². The number of rotatable bonds is 3. The maximum Gasteiger partial charge on any atom is 0.229 e. The molecular weight excluding hydrogens is 255 g/mol. The topological polar surface area (TPSA) is 32.3 Å². The van der Waals surface area contributed by atoms with E-state index >= 15 is 0 Å². The fourth-order valence-corrected chi connectivity index (χ4v) is 2.45. The van der Waals surface area contributed by atoms with Crippen molar-refractivity contribution in [2.24, 2.45) is 5.92 Å². The van der Waals surface area contributed by atoms with Crippen molar-refractivity contribution < 1.29 is 9.18 Å². The summed E-state index contributed by atoms with van der Waals surface area (Å²) in [6.07, 6.45) is 1.84. The minimum atomic E-state index is -0.296. The molecule has 108 valence electrons. The number of benzene rings is 1. The molecule has 1 aliphatic heterocycles. The van der Waals surface area contributed by atoms with Gasteiger partial charge in [0.15, 0.2) is 0 Å². The fourth-order valence-electron chi connectivity index (χ4n) is 2.45. The molecule has 1 aromatic rings. The van der Waals surface area contributed by atoms with E-state index in [0.29, 0.717) is 17.8 Å². The van der Waals surface area contributed by atoms with E-state index in [1.165, 1.54) is 6.07 Å². The molecule has 0 saturated carbocycles. The first-order valence-corrected chi connectivity index (χ1v) is 6.95. The van der Waals surface area contributed by atoms with Gasteiger partial charge in [-0.2, -0.15) is 0 Å². The number of anilines is 1. The van der Waals surface area contributed by atoms with E-state index in [0.717, 1.165) is 25.1 Å². The van der Waals surface area contributed by atoms with Crippen LogP contribution in [0.4, 0.5) is 10.1 Å². The standard InChI is InChI=1S/C16H21FN2O/c1-11(2)19-8-4-5-13(10-19)16(20)18-14-7-6-12(3)15(17)9-14/h6-7,9,13H,1,4-5,8,10H2,2-3H3,(H,18,20)/t13-/m0/s1. The first-order chi connectivity index (χ1) is 9.47. The Balaban J connectivity index is 2.00. The van der Waals surface area contributed by atoms with Crippen LogP contribution in [0.3, 0.4) is 0 Å². The van der Waals surface area contributed by atoms with E-state index in [9.17, 15) is 9.18 Å². The number of allylic oxidation sites excluding steroid dienone is 1. The van der Waals surface area contributed by atoms with Gasteiger partial charge in [0.05, 0.1) is 5.92 Å². The van der Waals surface area contributed by atoms with Crippen LogP contribution in [0.2, 0.25) is 0 Å².